The Balaban J connectivity index is 1.44. The second kappa shape index (κ2) is 7.35. The monoisotopic (exact) mass is 438 g/mol. The molecule has 2 heterocycles. The number of halogens is 3. The molecule has 2 aliphatic heterocycles. The summed E-state index contributed by atoms with van der Waals surface area (Å²) in [6, 6.07) is 9.95. The molecule has 9 heteroatoms. The molecule has 0 atom stereocenters. The summed E-state index contributed by atoms with van der Waals surface area (Å²) < 4.78 is 0. The number of piperidine rings is 1. The van der Waals surface area contributed by atoms with Crippen molar-refractivity contribution in [1.82, 2.24) is 10.2 Å². The van der Waals surface area contributed by atoms with E-state index in [9.17, 15) is 9.59 Å². The fourth-order valence-corrected chi connectivity index (χ4v) is 4.05. The lowest BCUT2D eigenvalue weighted by Crippen LogP contribution is -2.63. The molecule has 2 aliphatic rings. The van der Waals surface area contributed by atoms with Gasteiger partial charge in [-0.05, 0) is 30.3 Å². The standard InChI is InChI=1S/C19H17Cl3N4O2/c20-11-4-5-12-15(10-11)24-19(25-17(12)27)6-8-26(9-7-19)18(28)23-14-3-1-2-13(21)16(14)22/h1-5,10,24H,6-9H2,(H,23,28)(H,25,27). The van der Waals surface area contributed by atoms with E-state index < -0.39 is 5.66 Å². The number of urea groups is 1. The van der Waals surface area contributed by atoms with Crippen LogP contribution >= 0.6 is 34.8 Å². The van der Waals surface area contributed by atoms with Gasteiger partial charge < -0.3 is 20.9 Å². The molecule has 0 saturated carbocycles. The number of carbonyl (C=O) groups is 2. The summed E-state index contributed by atoms with van der Waals surface area (Å²) in [6.07, 6.45) is 1.11. The normalized spacial score (nSPS) is 17.5. The van der Waals surface area contributed by atoms with Gasteiger partial charge in [-0.3, -0.25) is 4.79 Å². The second-order valence-corrected chi connectivity index (χ2v) is 8.09. The molecule has 28 heavy (non-hydrogen) atoms. The Morgan fingerprint density at radius 2 is 1.82 bits per heavy atom. The molecule has 2 aromatic carbocycles. The summed E-state index contributed by atoms with van der Waals surface area (Å²) in [7, 11) is 0. The van der Waals surface area contributed by atoms with Gasteiger partial charge in [-0.2, -0.15) is 0 Å². The Morgan fingerprint density at radius 3 is 2.57 bits per heavy atom. The fraction of sp³-hybridized carbons (Fsp3) is 0.263. The summed E-state index contributed by atoms with van der Waals surface area (Å²) in [4.78, 5) is 26.8. The molecule has 1 fully saturated rings. The first kappa shape index (κ1) is 19.2. The zero-order valence-electron chi connectivity index (χ0n) is 14.7. The third-order valence-corrected chi connectivity index (χ3v) is 6.10. The summed E-state index contributed by atoms with van der Waals surface area (Å²) in [6.45, 7) is 0.931. The molecule has 1 spiro atoms. The molecule has 6 nitrogen and oxygen atoms in total. The van der Waals surface area contributed by atoms with Crippen LogP contribution in [-0.2, 0) is 0 Å². The van der Waals surface area contributed by atoms with Gasteiger partial charge in [0.15, 0.2) is 0 Å². The van der Waals surface area contributed by atoms with Gasteiger partial charge in [0.2, 0.25) is 0 Å². The molecule has 0 bridgehead atoms. The number of nitrogens with one attached hydrogen (secondary N) is 3. The van der Waals surface area contributed by atoms with Crippen LogP contribution in [0.4, 0.5) is 16.2 Å². The highest BCUT2D eigenvalue weighted by molar-refractivity contribution is 6.44. The molecule has 3 N–H and O–H groups in total. The third-order valence-electron chi connectivity index (χ3n) is 5.05. The molecule has 1 saturated heterocycles. The van der Waals surface area contributed by atoms with E-state index in [4.69, 9.17) is 34.8 Å². The summed E-state index contributed by atoms with van der Waals surface area (Å²) in [5, 5.41) is 10.5. The van der Waals surface area contributed by atoms with Crippen molar-refractivity contribution in [3.63, 3.8) is 0 Å². The molecule has 0 aliphatic carbocycles. The predicted molar refractivity (Wildman–Crippen MR) is 112 cm³/mol. The van der Waals surface area contributed by atoms with Crippen molar-refractivity contribution in [3.05, 3.63) is 57.0 Å². The zero-order valence-corrected chi connectivity index (χ0v) is 17.0. The average molecular weight is 440 g/mol. The number of likely N-dealkylation sites (tertiary alicyclic amines) is 1. The number of nitrogens with zero attached hydrogens (tertiary/aromatic N) is 1. The lowest BCUT2D eigenvalue weighted by molar-refractivity contribution is 0.0852. The largest absolute Gasteiger partial charge is 0.362 e. The Hall–Kier alpha value is -2.15. The predicted octanol–water partition coefficient (Wildman–Crippen LogP) is 4.83. The van der Waals surface area contributed by atoms with E-state index in [1.165, 1.54) is 0 Å². The summed E-state index contributed by atoms with van der Waals surface area (Å²) >= 11 is 18.2. The third kappa shape index (κ3) is 3.60. The van der Waals surface area contributed by atoms with Crippen LogP contribution in [0.2, 0.25) is 15.1 Å². The van der Waals surface area contributed by atoms with Crippen molar-refractivity contribution in [2.45, 2.75) is 18.5 Å². The van der Waals surface area contributed by atoms with Crippen molar-refractivity contribution in [3.8, 4) is 0 Å². The van der Waals surface area contributed by atoms with Gasteiger partial charge in [-0.25, -0.2) is 4.79 Å². The highest BCUT2D eigenvalue weighted by atomic mass is 35.5. The van der Waals surface area contributed by atoms with Gasteiger partial charge in [-0.1, -0.05) is 40.9 Å². The van der Waals surface area contributed by atoms with Crippen molar-refractivity contribution in [2.24, 2.45) is 0 Å². The zero-order chi connectivity index (χ0) is 19.9. The van der Waals surface area contributed by atoms with Crippen molar-refractivity contribution in [1.29, 1.82) is 0 Å². The van der Waals surface area contributed by atoms with Crippen LogP contribution in [0.25, 0.3) is 0 Å². The lowest BCUT2D eigenvalue weighted by Gasteiger charge is -2.45. The van der Waals surface area contributed by atoms with Gasteiger partial charge >= 0.3 is 6.03 Å². The van der Waals surface area contributed by atoms with Gasteiger partial charge in [0.25, 0.3) is 5.91 Å². The topological polar surface area (TPSA) is 73.5 Å². The number of carbonyl (C=O) groups excluding carboxylic acids is 2. The minimum atomic E-state index is -0.598. The molecule has 146 valence electrons. The molecule has 0 aromatic heterocycles. The maximum Gasteiger partial charge on any atom is 0.321 e. The maximum absolute atomic E-state index is 12.6. The minimum absolute atomic E-state index is 0.144. The first-order valence-corrected chi connectivity index (χ1v) is 9.90. The summed E-state index contributed by atoms with van der Waals surface area (Å²) in [5.41, 5.74) is 1.14. The number of anilines is 2. The number of amides is 3. The van der Waals surface area contributed by atoms with E-state index in [1.807, 2.05) is 0 Å². The number of fused-ring (bicyclic) bond motifs is 1. The molecule has 2 aromatic rings. The van der Waals surface area contributed by atoms with Crippen LogP contribution in [0.3, 0.4) is 0 Å². The van der Waals surface area contributed by atoms with E-state index in [-0.39, 0.29) is 11.9 Å². The van der Waals surface area contributed by atoms with Crippen LogP contribution < -0.4 is 16.0 Å². The van der Waals surface area contributed by atoms with Crippen LogP contribution in [-0.4, -0.2) is 35.6 Å². The summed E-state index contributed by atoms with van der Waals surface area (Å²) in [5.74, 6) is -0.144. The molecule has 0 unspecified atom stereocenters. The second-order valence-electron chi connectivity index (χ2n) is 6.87. The SMILES string of the molecule is O=C1NC2(CCN(C(=O)Nc3cccc(Cl)c3Cl)CC2)Nc2cc(Cl)ccc21. The van der Waals surface area contributed by atoms with Crippen molar-refractivity contribution >= 4 is 58.1 Å². The number of hydrogen-bond acceptors (Lipinski definition) is 3. The Bertz CT molecular complexity index is 958. The Morgan fingerprint density at radius 1 is 1.07 bits per heavy atom. The van der Waals surface area contributed by atoms with Gasteiger partial charge in [0.05, 0.1) is 27.0 Å². The fourth-order valence-electron chi connectivity index (χ4n) is 3.53. The molecule has 3 amide bonds. The van der Waals surface area contributed by atoms with E-state index in [0.717, 1.165) is 0 Å². The maximum atomic E-state index is 12.6. The van der Waals surface area contributed by atoms with Gasteiger partial charge in [0.1, 0.15) is 5.66 Å². The van der Waals surface area contributed by atoms with Crippen molar-refractivity contribution < 1.29 is 9.59 Å². The smallest absolute Gasteiger partial charge is 0.321 e. The van der Waals surface area contributed by atoms with E-state index in [1.54, 1.807) is 41.3 Å². The molecule has 4 rings (SSSR count). The molecule has 0 radical (unpaired) electrons. The Kier molecular flexibility index (Phi) is 5.04. The van der Waals surface area contributed by atoms with Crippen LogP contribution in [0.5, 0.6) is 0 Å². The average Bonchev–Trinajstić information content (AvgIpc) is 2.65. The highest BCUT2D eigenvalue weighted by Crippen LogP contribution is 2.34. The van der Waals surface area contributed by atoms with Crippen LogP contribution in [0.1, 0.15) is 23.2 Å². The van der Waals surface area contributed by atoms with Gasteiger partial charge in [0, 0.05) is 31.0 Å². The minimum Gasteiger partial charge on any atom is -0.362 e. The number of rotatable bonds is 1. The first-order valence-electron chi connectivity index (χ1n) is 8.77. The highest BCUT2D eigenvalue weighted by Gasteiger charge is 2.41. The quantitative estimate of drug-likeness (QED) is 0.596. The molecular formula is C19H17Cl3N4O2. The van der Waals surface area contributed by atoms with Crippen molar-refractivity contribution in [2.75, 3.05) is 23.7 Å². The molecular weight excluding hydrogens is 423 g/mol. The number of hydrogen-bond donors (Lipinski definition) is 3. The van der Waals surface area contributed by atoms with E-state index >= 15 is 0 Å². The Labute approximate surface area is 177 Å². The van der Waals surface area contributed by atoms with Crippen LogP contribution in [0, 0.1) is 0 Å². The van der Waals surface area contributed by atoms with Gasteiger partial charge in [-0.15, -0.1) is 0 Å². The van der Waals surface area contributed by atoms with E-state index in [2.05, 4.69) is 16.0 Å². The number of benzene rings is 2. The van der Waals surface area contributed by atoms with E-state index in [0.29, 0.717) is 57.9 Å². The van der Waals surface area contributed by atoms with Crippen LogP contribution in [0.15, 0.2) is 36.4 Å². The lowest BCUT2D eigenvalue weighted by atomic mass is 9.92. The first-order chi connectivity index (χ1) is 13.4.